The number of carbonyl (C=O) groups is 1. The summed E-state index contributed by atoms with van der Waals surface area (Å²) in [6.07, 6.45) is 0. The molecule has 2 N–H and O–H groups in total. The van der Waals surface area contributed by atoms with Crippen LogP contribution in [0.3, 0.4) is 0 Å². The first-order chi connectivity index (χ1) is 9.79. The molecule has 2 rings (SSSR count). The standard InChI is InChI=1S/C14H14N2O4S/c1-9-6-7-12(10(2)8-9)21(19,20)16-13-5-3-4-11(15-13)14(17)18/h3-8H,1-2H3,(H,15,16)(H,17,18). The van der Waals surface area contributed by atoms with Gasteiger partial charge in [0, 0.05) is 0 Å². The van der Waals surface area contributed by atoms with Crippen molar-refractivity contribution >= 4 is 21.8 Å². The van der Waals surface area contributed by atoms with Crippen LogP contribution in [0.25, 0.3) is 0 Å². The van der Waals surface area contributed by atoms with E-state index in [-0.39, 0.29) is 16.4 Å². The highest BCUT2D eigenvalue weighted by atomic mass is 32.2. The molecule has 0 fully saturated rings. The van der Waals surface area contributed by atoms with Gasteiger partial charge in [0.1, 0.15) is 5.82 Å². The molecule has 110 valence electrons. The number of benzene rings is 1. The molecule has 0 bridgehead atoms. The number of carboxylic acids is 1. The minimum atomic E-state index is -3.81. The average Bonchev–Trinajstić information content (AvgIpc) is 2.37. The third-order valence-electron chi connectivity index (χ3n) is 2.83. The number of rotatable bonds is 4. The number of hydrogen-bond donors (Lipinski definition) is 2. The van der Waals surface area contributed by atoms with E-state index in [1.807, 2.05) is 6.92 Å². The maximum atomic E-state index is 12.3. The van der Waals surface area contributed by atoms with Crippen molar-refractivity contribution in [2.24, 2.45) is 0 Å². The lowest BCUT2D eigenvalue weighted by Gasteiger charge is -2.10. The number of nitrogens with one attached hydrogen (secondary N) is 1. The number of aromatic nitrogens is 1. The van der Waals surface area contributed by atoms with Crippen LogP contribution in [0.1, 0.15) is 21.6 Å². The molecular weight excluding hydrogens is 292 g/mol. The van der Waals surface area contributed by atoms with Gasteiger partial charge in [-0.2, -0.15) is 0 Å². The summed E-state index contributed by atoms with van der Waals surface area (Å²) in [4.78, 5) is 14.7. The minimum Gasteiger partial charge on any atom is -0.477 e. The van der Waals surface area contributed by atoms with Crippen molar-refractivity contribution in [3.8, 4) is 0 Å². The van der Waals surface area contributed by atoms with Crippen LogP contribution < -0.4 is 4.72 Å². The quantitative estimate of drug-likeness (QED) is 0.902. The third-order valence-corrected chi connectivity index (χ3v) is 4.34. The fourth-order valence-electron chi connectivity index (χ4n) is 1.90. The van der Waals surface area contributed by atoms with Crippen molar-refractivity contribution < 1.29 is 18.3 Å². The molecule has 2 aromatic rings. The van der Waals surface area contributed by atoms with Crippen LogP contribution in [0.5, 0.6) is 0 Å². The summed E-state index contributed by atoms with van der Waals surface area (Å²) in [7, 11) is -3.81. The van der Waals surface area contributed by atoms with Gasteiger partial charge in [0.05, 0.1) is 4.90 Å². The Kier molecular flexibility index (Phi) is 3.95. The van der Waals surface area contributed by atoms with Crippen molar-refractivity contribution in [2.45, 2.75) is 18.7 Å². The van der Waals surface area contributed by atoms with E-state index < -0.39 is 16.0 Å². The lowest BCUT2D eigenvalue weighted by Crippen LogP contribution is -2.16. The van der Waals surface area contributed by atoms with Crippen LogP contribution in [0.4, 0.5) is 5.82 Å². The van der Waals surface area contributed by atoms with Gasteiger partial charge in [-0.1, -0.05) is 23.8 Å². The van der Waals surface area contributed by atoms with Crippen molar-refractivity contribution in [1.82, 2.24) is 4.98 Å². The van der Waals surface area contributed by atoms with Crippen LogP contribution >= 0.6 is 0 Å². The molecule has 0 aliphatic heterocycles. The molecule has 0 saturated heterocycles. The number of aromatic carboxylic acids is 1. The number of sulfonamides is 1. The van der Waals surface area contributed by atoms with Gasteiger partial charge < -0.3 is 5.11 Å². The highest BCUT2D eigenvalue weighted by Gasteiger charge is 2.18. The van der Waals surface area contributed by atoms with Crippen molar-refractivity contribution in [2.75, 3.05) is 4.72 Å². The molecule has 0 unspecified atom stereocenters. The van der Waals surface area contributed by atoms with E-state index in [1.165, 1.54) is 24.3 Å². The van der Waals surface area contributed by atoms with Gasteiger partial charge in [-0.05, 0) is 37.6 Å². The zero-order chi connectivity index (χ0) is 15.6. The van der Waals surface area contributed by atoms with Crippen molar-refractivity contribution in [3.05, 3.63) is 53.2 Å². The predicted octanol–water partition coefficient (Wildman–Crippen LogP) is 2.20. The molecule has 0 aliphatic rings. The molecular formula is C14H14N2O4S. The predicted molar refractivity (Wildman–Crippen MR) is 77.9 cm³/mol. The normalized spacial score (nSPS) is 11.1. The first-order valence-corrected chi connectivity index (χ1v) is 7.58. The lowest BCUT2D eigenvalue weighted by molar-refractivity contribution is 0.0690. The smallest absolute Gasteiger partial charge is 0.354 e. The molecule has 1 aromatic heterocycles. The molecule has 1 aromatic carbocycles. The van der Waals surface area contributed by atoms with Gasteiger partial charge in [-0.25, -0.2) is 18.2 Å². The molecule has 0 radical (unpaired) electrons. The molecule has 6 nitrogen and oxygen atoms in total. The van der Waals surface area contributed by atoms with Crippen LogP contribution in [0.2, 0.25) is 0 Å². The van der Waals surface area contributed by atoms with Crippen LogP contribution in [-0.4, -0.2) is 24.5 Å². The van der Waals surface area contributed by atoms with E-state index in [0.29, 0.717) is 5.56 Å². The number of anilines is 1. The van der Waals surface area contributed by atoms with Gasteiger partial charge in [0.2, 0.25) is 0 Å². The maximum absolute atomic E-state index is 12.3. The summed E-state index contributed by atoms with van der Waals surface area (Å²) in [5.41, 5.74) is 1.34. The van der Waals surface area contributed by atoms with Crippen LogP contribution in [0.15, 0.2) is 41.3 Å². The minimum absolute atomic E-state index is 0.0325. The second-order valence-electron chi connectivity index (χ2n) is 4.59. The van der Waals surface area contributed by atoms with Crippen molar-refractivity contribution in [3.63, 3.8) is 0 Å². The Hall–Kier alpha value is -2.41. The molecule has 0 amide bonds. The Morgan fingerprint density at radius 3 is 2.52 bits per heavy atom. The van der Waals surface area contributed by atoms with Crippen LogP contribution in [0, 0.1) is 13.8 Å². The van der Waals surface area contributed by atoms with Gasteiger partial charge in [0.15, 0.2) is 5.69 Å². The highest BCUT2D eigenvalue weighted by molar-refractivity contribution is 7.92. The largest absolute Gasteiger partial charge is 0.477 e. The highest BCUT2D eigenvalue weighted by Crippen LogP contribution is 2.19. The lowest BCUT2D eigenvalue weighted by atomic mass is 10.2. The van der Waals surface area contributed by atoms with Gasteiger partial charge in [-0.15, -0.1) is 0 Å². The van der Waals surface area contributed by atoms with E-state index in [9.17, 15) is 13.2 Å². The van der Waals surface area contributed by atoms with E-state index in [0.717, 1.165) is 5.56 Å². The first kappa shape index (κ1) is 15.0. The Bertz CT molecular complexity index is 800. The van der Waals surface area contributed by atoms with Gasteiger partial charge in [-0.3, -0.25) is 4.72 Å². The van der Waals surface area contributed by atoms with Gasteiger partial charge in [0.25, 0.3) is 10.0 Å². The summed E-state index contributed by atoms with van der Waals surface area (Å²) < 4.78 is 26.9. The molecule has 21 heavy (non-hydrogen) atoms. The summed E-state index contributed by atoms with van der Waals surface area (Å²) >= 11 is 0. The first-order valence-electron chi connectivity index (χ1n) is 6.10. The van der Waals surface area contributed by atoms with Gasteiger partial charge >= 0.3 is 5.97 Å². The zero-order valence-corrected chi connectivity index (χ0v) is 12.3. The molecule has 7 heteroatoms. The Balaban J connectivity index is 2.37. The molecule has 0 aliphatic carbocycles. The molecule has 0 saturated carbocycles. The SMILES string of the molecule is Cc1ccc(S(=O)(=O)Nc2cccc(C(=O)O)n2)c(C)c1. The summed E-state index contributed by atoms with van der Waals surface area (Å²) in [5.74, 6) is -1.25. The Morgan fingerprint density at radius 2 is 1.90 bits per heavy atom. The Labute approximate surface area is 122 Å². The zero-order valence-electron chi connectivity index (χ0n) is 11.5. The summed E-state index contributed by atoms with van der Waals surface area (Å²) in [6.45, 7) is 3.57. The molecule has 0 atom stereocenters. The number of aryl methyl sites for hydroxylation is 2. The second-order valence-corrected chi connectivity index (χ2v) is 6.24. The fourth-order valence-corrected chi connectivity index (χ4v) is 3.13. The van der Waals surface area contributed by atoms with E-state index >= 15 is 0 Å². The third kappa shape index (κ3) is 3.38. The van der Waals surface area contributed by atoms with Crippen LogP contribution in [-0.2, 0) is 10.0 Å². The van der Waals surface area contributed by atoms with E-state index in [4.69, 9.17) is 5.11 Å². The van der Waals surface area contributed by atoms with Crippen molar-refractivity contribution in [1.29, 1.82) is 0 Å². The molecule has 1 heterocycles. The van der Waals surface area contributed by atoms with E-state index in [1.54, 1.807) is 19.1 Å². The topological polar surface area (TPSA) is 96.4 Å². The van der Waals surface area contributed by atoms with E-state index in [2.05, 4.69) is 9.71 Å². The number of nitrogens with zero attached hydrogens (tertiary/aromatic N) is 1. The average molecular weight is 306 g/mol. The number of pyridine rings is 1. The monoisotopic (exact) mass is 306 g/mol. The maximum Gasteiger partial charge on any atom is 0.354 e. The number of hydrogen-bond acceptors (Lipinski definition) is 4. The number of carboxylic acid groups (broad SMARTS) is 1. The Morgan fingerprint density at radius 1 is 1.19 bits per heavy atom. The fraction of sp³-hybridized carbons (Fsp3) is 0.143. The summed E-state index contributed by atoms with van der Waals surface area (Å²) in [6, 6.07) is 9.08. The second kappa shape index (κ2) is 5.53. The summed E-state index contributed by atoms with van der Waals surface area (Å²) in [5, 5.41) is 8.86. The molecule has 0 spiro atoms.